The maximum Gasteiger partial charge on any atom is 0.252 e. The van der Waals surface area contributed by atoms with E-state index in [1.54, 1.807) is 0 Å². The molecule has 0 unspecified atom stereocenters. The Bertz CT molecular complexity index is 5800. The van der Waals surface area contributed by atoms with E-state index in [2.05, 4.69) is 432 Å². The van der Waals surface area contributed by atoms with E-state index in [0.29, 0.717) is 0 Å². The van der Waals surface area contributed by atoms with Crippen molar-refractivity contribution in [3.63, 3.8) is 0 Å². The molecule has 4 heterocycles. The van der Waals surface area contributed by atoms with Gasteiger partial charge in [-0.25, -0.2) is 0 Å². The van der Waals surface area contributed by atoms with Crippen LogP contribution in [-0.4, -0.2) is 13.4 Å². The van der Waals surface area contributed by atoms with Crippen LogP contribution in [0, 0.1) is 0 Å². The molecular weight excluding hydrogens is 1330 g/mol. The largest absolute Gasteiger partial charge is 0.311 e. The van der Waals surface area contributed by atoms with E-state index in [-0.39, 0.29) is 40.5 Å². The summed E-state index contributed by atoms with van der Waals surface area (Å²) in [6.45, 7) is 33.2. The fraction of sp³-hybridized carbons (Fsp3) is 0.192. The molecule has 4 aliphatic heterocycles. The van der Waals surface area contributed by atoms with Crippen LogP contribution in [0.1, 0.15) is 130 Å². The molecule has 0 bridgehead atoms. The number of hydrogen-bond acceptors (Lipinski definition) is 4. The first kappa shape index (κ1) is 70.1. The Hall–Kier alpha value is -11.6. The molecule has 14 aromatic carbocycles. The van der Waals surface area contributed by atoms with Crippen LogP contribution in [0.3, 0.4) is 0 Å². The standard InChI is InChI=1S/C104H96B2N4/c1-100(2,3)73-54-56-85-94(65-73)108(91-50-34-52-93-96(91)105(85)86-57-55-74(101(4,5)6)66-95(86)110(93)98-80(69-35-20-15-21-36-69)45-32-46-81(98)70-37-22-16-23-38-70)79-61-75(102(7,8)9)60-77(62-79)104(13,14)67-68-53-58-89-87(59-68)106-84-47-30-31-48-88(84)109(92-51-33-49-90(97(92)106)107(89)78-43-28-19-29-44-78)99-82(71-39-24-17-25-40-71)63-76(103(10,11)12)64-83(99)72-41-26-18-27-42-72/h15-66H,67H2,1-14H3. The Balaban J connectivity index is 0.815. The molecule has 0 aliphatic carbocycles. The lowest BCUT2D eigenvalue weighted by atomic mass is 9.33. The minimum Gasteiger partial charge on any atom is -0.311 e. The highest BCUT2D eigenvalue weighted by atomic mass is 15.2. The van der Waals surface area contributed by atoms with Crippen LogP contribution in [0.15, 0.2) is 315 Å². The second-order valence-electron chi connectivity index (χ2n) is 35.9. The van der Waals surface area contributed by atoms with Gasteiger partial charge in [-0.15, -0.1) is 0 Å². The quantitative estimate of drug-likeness (QED) is 0.120. The SMILES string of the molecule is CC(C)(C)c1cc(N2c3cc(C(C)(C)C)ccc3B3c4ccc(C(C)(C)C)cc4N(c4c(-c5ccccc5)cccc4-c4ccccc4)c4cccc2c43)cc(C(C)(C)Cc2ccc3c(c2)B2c4ccccc4N(c4c(-c5ccccc5)cc(C(C)(C)C)cc4-c4ccccc4)c4cccc(c42)N3c2ccccc2)c1. The summed E-state index contributed by atoms with van der Waals surface area (Å²) in [5, 5.41) is 0. The van der Waals surface area contributed by atoms with E-state index in [0.717, 1.165) is 12.1 Å². The van der Waals surface area contributed by atoms with Gasteiger partial charge < -0.3 is 19.6 Å². The summed E-state index contributed by atoms with van der Waals surface area (Å²) in [6, 6.07) is 121. The van der Waals surface area contributed by atoms with Crippen molar-refractivity contribution in [1.82, 2.24) is 0 Å². The first-order chi connectivity index (χ1) is 52.9. The fourth-order valence-corrected chi connectivity index (χ4v) is 18.2. The number of hydrogen-bond donors (Lipinski definition) is 0. The van der Waals surface area contributed by atoms with Crippen molar-refractivity contribution in [2.75, 3.05) is 19.6 Å². The van der Waals surface area contributed by atoms with Gasteiger partial charge in [0.25, 0.3) is 13.4 Å². The number of rotatable bonds is 11. The van der Waals surface area contributed by atoms with Gasteiger partial charge in [0.05, 0.1) is 11.4 Å². The Labute approximate surface area is 653 Å². The van der Waals surface area contributed by atoms with Gasteiger partial charge in [-0.2, -0.15) is 0 Å². The molecule has 0 saturated heterocycles. The normalized spacial score (nSPS) is 13.7. The summed E-state index contributed by atoms with van der Waals surface area (Å²) < 4.78 is 0. The summed E-state index contributed by atoms with van der Waals surface area (Å²) in [5.74, 6) is 0. The minimum atomic E-state index is -0.358. The Kier molecular flexibility index (Phi) is 16.8. The highest BCUT2D eigenvalue weighted by molar-refractivity contribution is 7.01. The lowest BCUT2D eigenvalue weighted by Crippen LogP contribution is -2.61. The number of fused-ring (bicyclic) bond motifs is 8. The van der Waals surface area contributed by atoms with Crippen LogP contribution in [0.4, 0.5) is 68.2 Å². The molecule has 538 valence electrons. The van der Waals surface area contributed by atoms with Crippen molar-refractivity contribution in [2.24, 2.45) is 0 Å². The fourth-order valence-electron chi connectivity index (χ4n) is 18.2. The van der Waals surface area contributed by atoms with Crippen LogP contribution in [0.25, 0.3) is 44.5 Å². The Morgan fingerprint density at radius 2 is 0.582 bits per heavy atom. The van der Waals surface area contributed by atoms with E-state index >= 15 is 0 Å². The number of para-hydroxylation sites is 3. The van der Waals surface area contributed by atoms with Crippen molar-refractivity contribution in [1.29, 1.82) is 0 Å². The zero-order valence-electron chi connectivity index (χ0n) is 66.2. The summed E-state index contributed by atoms with van der Waals surface area (Å²) in [4.78, 5) is 10.5. The van der Waals surface area contributed by atoms with Crippen molar-refractivity contribution < 1.29 is 0 Å². The Morgan fingerprint density at radius 1 is 0.227 bits per heavy atom. The maximum absolute atomic E-state index is 2.67. The molecule has 6 heteroatoms. The van der Waals surface area contributed by atoms with Gasteiger partial charge in [0, 0.05) is 79.1 Å². The third kappa shape index (κ3) is 11.9. The van der Waals surface area contributed by atoms with Crippen molar-refractivity contribution in [3.8, 4) is 44.5 Å². The lowest BCUT2D eigenvalue weighted by molar-refractivity contribution is 0.517. The van der Waals surface area contributed by atoms with Crippen LogP contribution in [0.2, 0.25) is 0 Å². The average Bonchev–Trinajstić information content (AvgIpc) is 0.698. The third-order valence-electron chi connectivity index (χ3n) is 24.0. The predicted molar refractivity (Wildman–Crippen MR) is 474 cm³/mol. The topological polar surface area (TPSA) is 13.0 Å². The highest BCUT2D eigenvalue weighted by Crippen LogP contribution is 2.55. The highest BCUT2D eigenvalue weighted by Gasteiger charge is 2.48. The van der Waals surface area contributed by atoms with E-state index in [1.165, 1.54) is 173 Å². The molecule has 0 saturated carbocycles. The van der Waals surface area contributed by atoms with E-state index in [1.807, 2.05) is 0 Å². The molecule has 14 aromatic rings. The average molecular weight is 1420 g/mol. The molecule has 110 heavy (non-hydrogen) atoms. The molecule has 0 fully saturated rings. The van der Waals surface area contributed by atoms with Crippen LogP contribution < -0.4 is 52.4 Å². The number of nitrogens with zero attached hydrogens (tertiary/aromatic N) is 4. The second-order valence-corrected chi connectivity index (χ2v) is 35.9. The summed E-state index contributed by atoms with van der Waals surface area (Å²) >= 11 is 0. The van der Waals surface area contributed by atoms with E-state index < -0.39 is 0 Å². The molecule has 4 nitrogen and oxygen atoms in total. The molecule has 4 aliphatic rings. The van der Waals surface area contributed by atoms with Gasteiger partial charge in [0.2, 0.25) is 0 Å². The van der Waals surface area contributed by atoms with Gasteiger partial charge in [-0.1, -0.05) is 327 Å². The minimum absolute atomic E-state index is 0.0601. The monoisotopic (exact) mass is 1420 g/mol. The van der Waals surface area contributed by atoms with Gasteiger partial charge in [-0.3, -0.25) is 0 Å². The van der Waals surface area contributed by atoms with Crippen molar-refractivity contribution in [2.45, 2.75) is 130 Å². The lowest BCUT2D eigenvalue weighted by Gasteiger charge is -2.46. The summed E-state index contributed by atoms with van der Waals surface area (Å²) in [6.07, 6.45) is 0.801. The smallest absolute Gasteiger partial charge is 0.252 e. The van der Waals surface area contributed by atoms with Crippen molar-refractivity contribution in [3.05, 3.63) is 349 Å². The van der Waals surface area contributed by atoms with Gasteiger partial charge >= 0.3 is 0 Å². The molecule has 0 atom stereocenters. The third-order valence-corrected chi connectivity index (χ3v) is 24.0. The van der Waals surface area contributed by atoms with Gasteiger partial charge in [0.1, 0.15) is 0 Å². The molecule has 0 spiro atoms. The maximum atomic E-state index is 2.67. The molecule has 0 aromatic heterocycles. The zero-order valence-corrected chi connectivity index (χ0v) is 66.2. The second kappa shape index (κ2) is 26.3. The van der Waals surface area contributed by atoms with E-state index in [9.17, 15) is 0 Å². The summed E-state index contributed by atoms with van der Waals surface area (Å²) in [5.41, 5.74) is 38.6. The van der Waals surface area contributed by atoms with E-state index in [4.69, 9.17) is 0 Å². The predicted octanol–water partition coefficient (Wildman–Crippen LogP) is 24.2. The summed E-state index contributed by atoms with van der Waals surface area (Å²) in [7, 11) is 0. The first-order valence-corrected chi connectivity index (χ1v) is 39.6. The van der Waals surface area contributed by atoms with Gasteiger partial charge in [0.15, 0.2) is 0 Å². The first-order valence-electron chi connectivity index (χ1n) is 39.6. The molecule has 18 rings (SSSR count). The van der Waals surface area contributed by atoms with Gasteiger partial charge in [-0.05, 0) is 207 Å². The zero-order chi connectivity index (χ0) is 75.9. The molecule has 0 N–H and O–H groups in total. The molecular formula is C104H96B2N4. The number of benzene rings is 14. The van der Waals surface area contributed by atoms with Crippen LogP contribution in [0.5, 0.6) is 0 Å². The Morgan fingerprint density at radius 3 is 1.07 bits per heavy atom. The van der Waals surface area contributed by atoms with Crippen LogP contribution in [-0.2, 0) is 33.5 Å². The van der Waals surface area contributed by atoms with Crippen molar-refractivity contribution >= 4 is 114 Å². The molecule has 0 radical (unpaired) electrons. The molecule has 0 amide bonds. The van der Waals surface area contributed by atoms with Crippen LogP contribution >= 0.6 is 0 Å². The number of anilines is 12.